The summed E-state index contributed by atoms with van der Waals surface area (Å²) in [4.78, 5) is 14.1. The van der Waals surface area contributed by atoms with Crippen LogP contribution < -0.4 is 0 Å². The van der Waals surface area contributed by atoms with Crippen LogP contribution in [0.1, 0.15) is 73.6 Å². The van der Waals surface area contributed by atoms with Crippen LogP contribution in [0.2, 0.25) is 0 Å². The van der Waals surface area contributed by atoms with Crippen LogP contribution in [0.3, 0.4) is 0 Å². The van der Waals surface area contributed by atoms with Gasteiger partial charge in [0.15, 0.2) is 0 Å². The highest BCUT2D eigenvalue weighted by Gasteiger charge is 2.29. The highest BCUT2D eigenvalue weighted by atomic mass is 16.6. The summed E-state index contributed by atoms with van der Waals surface area (Å²) in [6.07, 6.45) is 4.85. The second kappa shape index (κ2) is 8.50. The Morgan fingerprint density at radius 1 is 0.950 bits per heavy atom. The van der Waals surface area contributed by atoms with Crippen molar-refractivity contribution in [2.75, 3.05) is 13.2 Å². The van der Waals surface area contributed by atoms with E-state index in [-0.39, 0.29) is 18.2 Å². The van der Waals surface area contributed by atoms with Crippen molar-refractivity contribution in [2.24, 2.45) is 0 Å². The summed E-state index contributed by atoms with van der Waals surface area (Å²) in [5, 5.41) is 8.73. The van der Waals surface area contributed by atoms with E-state index in [4.69, 9.17) is 9.84 Å². The summed E-state index contributed by atoms with van der Waals surface area (Å²) >= 11 is 0. The Morgan fingerprint density at radius 3 is 1.90 bits per heavy atom. The second-order valence-electron chi connectivity index (χ2n) is 7.29. The summed E-state index contributed by atoms with van der Waals surface area (Å²) < 4.78 is 5.48. The summed E-state index contributed by atoms with van der Waals surface area (Å²) in [6, 6.07) is 0. The number of rotatable bonds is 7. The molecule has 0 spiro atoms. The monoisotopic (exact) mass is 287 g/mol. The number of ether oxygens (including phenoxy) is 1. The minimum Gasteiger partial charge on any atom is -0.444 e. The number of amides is 1. The Hall–Kier alpha value is -0.770. The van der Waals surface area contributed by atoms with E-state index in [1.165, 1.54) is 0 Å². The Bertz CT molecular complexity index is 276. The summed E-state index contributed by atoms with van der Waals surface area (Å²) in [5.41, 5.74) is -0.685. The molecular weight excluding hydrogens is 254 g/mol. The lowest BCUT2D eigenvalue weighted by molar-refractivity contribution is 0.00584. The lowest BCUT2D eigenvalue weighted by Gasteiger charge is -2.37. The van der Waals surface area contributed by atoms with Gasteiger partial charge >= 0.3 is 6.09 Å². The molecule has 0 aliphatic heterocycles. The maximum Gasteiger partial charge on any atom is 0.410 e. The van der Waals surface area contributed by atoms with E-state index in [0.29, 0.717) is 0 Å². The Labute approximate surface area is 124 Å². The third kappa shape index (κ3) is 9.18. The van der Waals surface area contributed by atoms with Gasteiger partial charge in [0.2, 0.25) is 0 Å². The molecule has 0 radical (unpaired) electrons. The van der Waals surface area contributed by atoms with Crippen LogP contribution in [0.5, 0.6) is 0 Å². The minimum atomic E-state index is -0.457. The van der Waals surface area contributed by atoms with Gasteiger partial charge in [0.1, 0.15) is 5.60 Å². The molecule has 4 heteroatoms. The first-order valence-corrected chi connectivity index (χ1v) is 7.69. The smallest absolute Gasteiger partial charge is 0.410 e. The van der Waals surface area contributed by atoms with Crippen molar-refractivity contribution in [1.82, 2.24) is 4.90 Å². The molecule has 0 saturated heterocycles. The summed E-state index contributed by atoms with van der Waals surface area (Å²) in [7, 11) is 0. The van der Waals surface area contributed by atoms with E-state index in [0.717, 1.165) is 38.6 Å². The third-order valence-corrected chi connectivity index (χ3v) is 2.96. The average molecular weight is 287 g/mol. The SMILES string of the molecule is CC(C)(C)OC(=O)N(CCCCCCCO)C(C)(C)C. The Balaban J connectivity index is 4.27. The normalized spacial score (nSPS) is 12.3. The molecule has 0 aliphatic carbocycles. The largest absolute Gasteiger partial charge is 0.444 e. The van der Waals surface area contributed by atoms with Crippen LogP contribution in [0.4, 0.5) is 4.79 Å². The average Bonchev–Trinajstić information content (AvgIpc) is 2.23. The van der Waals surface area contributed by atoms with Gasteiger partial charge in [-0.25, -0.2) is 4.79 Å². The molecule has 0 fully saturated rings. The fraction of sp³-hybridized carbons (Fsp3) is 0.938. The molecule has 120 valence electrons. The molecule has 0 heterocycles. The second-order valence-corrected chi connectivity index (χ2v) is 7.29. The fourth-order valence-corrected chi connectivity index (χ4v) is 1.93. The van der Waals surface area contributed by atoms with Gasteiger partial charge in [-0.3, -0.25) is 0 Å². The number of hydrogen-bond acceptors (Lipinski definition) is 3. The topological polar surface area (TPSA) is 49.8 Å². The number of nitrogens with zero attached hydrogens (tertiary/aromatic N) is 1. The molecular formula is C16H33NO3. The molecule has 4 nitrogen and oxygen atoms in total. The van der Waals surface area contributed by atoms with Crippen molar-refractivity contribution in [2.45, 2.75) is 84.8 Å². The predicted molar refractivity (Wildman–Crippen MR) is 82.9 cm³/mol. The molecule has 0 aromatic rings. The third-order valence-electron chi connectivity index (χ3n) is 2.96. The molecule has 0 aliphatic rings. The van der Waals surface area contributed by atoms with Gasteiger partial charge in [-0.05, 0) is 54.4 Å². The van der Waals surface area contributed by atoms with Gasteiger partial charge in [0.05, 0.1) is 0 Å². The molecule has 0 aromatic heterocycles. The molecule has 0 rings (SSSR count). The van der Waals surface area contributed by atoms with E-state index in [1.54, 1.807) is 0 Å². The highest BCUT2D eigenvalue weighted by Crippen LogP contribution is 2.19. The van der Waals surface area contributed by atoms with Gasteiger partial charge in [-0.2, -0.15) is 0 Å². The van der Waals surface area contributed by atoms with Crippen molar-refractivity contribution in [3.8, 4) is 0 Å². The molecule has 1 N–H and O–H groups in total. The van der Waals surface area contributed by atoms with E-state index < -0.39 is 5.60 Å². The highest BCUT2D eigenvalue weighted by molar-refractivity contribution is 5.69. The van der Waals surface area contributed by atoms with Crippen LogP contribution in [0.15, 0.2) is 0 Å². The molecule has 0 unspecified atom stereocenters. The fourth-order valence-electron chi connectivity index (χ4n) is 1.93. The summed E-state index contributed by atoms with van der Waals surface area (Å²) in [6.45, 7) is 12.7. The van der Waals surface area contributed by atoms with Crippen LogP contribution in [-0.4, -0.2) is 40.4 Å². The van der Waals surface area contributed by atoms with E-state index in [9.17, 15) is 4.79 Å². The molecule has 0 atom stereocenters. The number of carbonyl (C=O) groups is 1. The first-order chi connectivity index (χ1) is 9.08. The number of carbonyl (C=O) groups excluding carboxylic acids is 1. The minimum absolute atomic E-state index is 0.229. The van der Waals surface area contributed by atoms with Gasteiger partial charge < -0.3 is 14.7 Å². The van der Waals surface area contributed by atoms with Crippen molar-refractivity contribution in [1.29, 1.82) is 0 Å². The van der Waals surface area contributed by atoms with Crippen molar-refractivity contribution < 1.29 is 14.6 Å². The van der Waals surface area contributed by atoms with Crippen molar-refractivity contribution in [3.63, 3.8) is 0 Å². The standard InChI is InChI=1S/C16H33NO3/c1-15(2,3)17(14(19)20-16(4,5)6)12-10-8-7-9-11-13-18/h18H,7-13H2,1-6H3. The molecule has 0 saturated carbocycles. The summed E-state index contributed by atoms with van der Waals surface area (Å²) in [5.74, 6) is 0. The maximum atomic E-state index is 12.2. The zero-order chi connectivity index (χ0) is 15.8. The lowest BCUT2D eigenvalue weighted by atomic mass is 10.1. The van der Waals surface area contributed by atoms with Gasteiger partial charge in [-0.15, -0.1) is 0 Å². The quantitative estimate of drug-likeness (QED) is 0.721. The Kier molecular flexibility index (Phi) is 8.17. The maximum absolute atomic E-state index is 12.2. The Morgan fingerprint density at radius 2 is 1.45 bits per heavy atom. The zero-order valence-electron chi connectivity index (χ0n) is 14.2. The lowest BCUT2D eigenvalue weighted by Crippen LogP contribution is -2.48. The number of aliphatic hydroxyl groups excluding tert-OH is 1. The van der Waals surface area contributed by atoms with Crippen LogP contribution in [-0.2, 0) is 4.74 Å². The van der Waals surface area contributed by atoms with E-state index in [1.807, 2.05) is 46.4 Å². The molecule has 1 amide bonds. The zero-order valence-corrected chi connectivity index (χ0v) is 14.2. The molecule has 0 aromatic carbocycles. The predicted octanol–water partition coefficient (Wildman–Crippen LogP) is 3.96. The van der Waals surface area contributed by atoms with Crippen molar-refractivity contribution >= 4 is 6.09 Å². The van der Waals surface area contributed by atoms with E-state index >= 15 is 0 Å². The first kappa shape index (κ1) is 19.2. The number of aliphatic hydroxyl groups is 1. The molecule has 20 heavy (non-hydrogen) atoms. The van der Waals surface area contributed by atoms with E-state index in [2.05, 4.69) is 0 Å². The van der Waals surface area contributed by atoms with Crippen LogP contribution in [0, 0.1) is 0 Å². The van der Waals surface area contributed by atoms with Crippen molar-refractivity contribution in [3.05, 3.63) is 0 Å². The first-order valence-electron chi connectivity index (χ1n) is 7.69. The van der Waals surface area contributed by atoms with Gasteiger partial charge in [-0.1, -0.05) is 19.3 Å². The van der Waals surface area contributed by atoms with Gasteiger partial charge in [0.25, 0.3) is 0 Å². The van der Waals surface area contributed by atoms with Gasteiger partial charge in [0, 0.05) is 18.7 Å². The number of unbranched alkanes of at least 4 members (excludes halogenated alkanes) is 4. The van der Waals surface area contributed by atoms with Crippen LogP contribution >= 0.6 is 0 Å². The molecule has 0 bridgehead atoms. The number of hydrogen-bond donors (Lipinski definition) is 1. The van der Waals surface area contributed by atoms with Crippen LogP contribution in [0.25, 0.3) is 0 Å².